The third-order valence-electron chi connectivity index (χ3n) is 3.65. The normalized spacial score (nSPS) is 17.5. The average molecular weight is 291 g/mol. The monoisotopic (exact) mass is 291 g/mol. The van der Waals surface area contributed by atoms with Crippen molar-refractivity contribution in [1.29, 1.82) is 0 Å². The zero-order chi connectivity index (χ0) is 15.4. The Hall–Kier alpha value is -2.08. The van der Waals surface area contributed by atoms with Gasteiger partial charge in [0, 0.05) is 12.6 Å². The molecule has 1 unspecified atom stereocenters. The highest BCUT2D eigenvalue weighted by Gasteiger charge is 2.29. The highest BCUT2D eigenvalue weighted by atomic mass is 16.5. The van der Waals surface area contributed by atoms with E-state index in [1.165, 1.54) is 7.11 Å². The lowest BCUT2D eigenvalue weighted by Crippen LogP contribution is -2.46. The molecular formula is C15H21N3O3. The van der Waals surface area contributed by atoms with E-state index >= 15 is 0 Å². The number of hydrogen-bond acceptors (Lipinski definition) is 4. The van der Waals surface area contributed by atoms with Crippen molar-refractivity contribution in [3.8, 4) is 5.75 Å². The molecule has 1 aromatic rings. The summed E-state index contributed by atoms with van der Waals surface area (Å²) in [6.07, 6.45) is 0.813. The van der Waals surface area contributed by atoms with Gasteiger partial charge in [0.25, 0.3) is 5.91 Å². The molecule has 3 N–H and O–H groups in total. The van der Waals surface area contributed by atoms with Crippen LogP contribution in [0.15, 0.2) is 18.2 Å². The van der Waals surface area contributed by atoms with Gasteiger partial charge < -0.3 is 20.7 Å². The number of carbonyl (C=O) groups excluding carboxylic acids is 2. The van der Waals surface area contributed by atoms with Gasteiger partial charge in [0.05, 0.1) is 19.2 Å². The number of primary amides is 1. The van der Waals surface area contributed by atoms with Crippen LogP contribution in [0.3, 0.4) is 0 Å². The van der Waals surface area contributed by atoms with E-state index in [9.17, 15) is 9.59 Å². The van der Waals surface area contributed by atoms with E-state index in [4.69, 9.17) is 10.5 Å². The minimum atomic E-state index is -0.512. The Balaban J connectivity index is 2.32. The van der Waals surface area contributed by atoms with Gasteiger partial charge in [-0.15, -0.1) is 0 Å². The number of benzene rings is 1. The number of carbonyl (C=O) groups is 2. The van der Waals surface area contributed by atoms with Gasteiger partial charge in [0.1, 0.15) is 5.75 Å². The predicted octanol–water partition coefficient (Wildman–Crippen LogP) is 0.293. The van der Waals surface area contributed by atoms with Crippen LogP contribution in [0.2, 0.25) is 0 Å². The highest BCUT2D eigenvalue weighted by Crippen LogP contribution is 2.23. The van der Waals surface area contributed by atoms with E-state index in [1.807, 2.05) is 13.0 Å². The fourth-order valence-corrected chi connectivity index (χ4v) is 2.58. The molecule has 0 aromatic heterocycles. The molecular weight excluding hydrogens is 270 g/mol. The van der Waals surface area contributed by atoms with Gasteiger partial charge in [-0.25, -0.2) is 0 Å². The summed E-state index contributed by atoms with van der Waals surface area (Å²) in [5, 5.41) is 3.20. The van der Waals surface area contributed by atoms with Crippen LogP contribution in [0, 0.1) is 6.92 Å². The zero-order valence-electron chi connectivity index (χ0n) is 12.4. The van der Waals surface area contributed by atoms with Gasteiger partial charge in [-0.2, -0.15) is 0 Å². The van der Waals surface area contributed by atoms with Crippen LogP contribution >= 0.6 is 0 Å². The molecule has 114 valence electrons. The Kier molecular flexibility index (Phi) is 4.80. The summed E-state index contributed by atoms with van der Waals surface area (Å²) in [4.78, 5) is 25.7. The number of methoxy groups -OCH3 is 1. The van der Waals surface area contributed by atoms with Crippen LogP contribution in [-0.4, -0.2) is 49.5 Å². The van der Waals surface area contributed by atoms with Crippen molar-refractivity contribution >= 4 is 11.8 Å². The number of aryl methyl sites for hydroxylation is 1. The predicted molar refractivity (Wildman–Crippen MR) is 79.2 cm³/mol. The fourth-order valence-electron chi connectivity index (χ4n) is 2.58. The smallest absolute Gasteiger partial charge is 0.258 e. The standard InChI is InChI=1S/C15H21N3O3/c1-10-3-4-13(21-2)12(7-10)15(20)18(9-14(16)19)11-5-6-17-8-11/h3-4,7,11,17H,5-6,8-9H2,1-2H3,(H2,16,19). The third kappa shape index (κ3) is 3.52. The maximum absolute atomic E-state index is 12.8. The number of rotatable bonds is 5. The largest absolute Gasteiger partial charge is 0.496 e. The topological polar surface area (TPSA) is 84.7 Å². The van der Waals surface area contributed by atoms with Gasteiger partial charge in [-0.05, 0) is 32.0 Å². The SMILES string of the molecule is COc1ccc(C)cc1C(=O)N(CC(N)=O)C1CCNC1. The maximum Gasteiger partial charge on any atom is 0.258 e. The Labute approximate surface area is 124 Å². The third-order valence-corrected chi connectivity index (χ3v) is 3.65. The lowest BCUT2D eigenvalue weighted by molar-refractivity contribution is -0.119. The number of ether oxygens (including phenoxy) is 1. The minimum Gasteiger partial charge on any atom is -0.496 e. The van der Waals surface area contributed by atoms with Crippen molar-refractivity contribution in [2.45, 2.75) is 19.4 Å². The molecule has 1 aliphatic rings. The van der Waals surface area contributed by atoms with Crippen LogP contribution in [0.4, 0.5) is 0 Å². The second kappa shape index (κ2) is 6.58. The van der Waals surface area contributed by atoms with Crippen LogP contribution in [0.25, 0.3) is 0 Å². The Bertz CT molecular complexity index is 539. The molecule has 2 rings (SSSR count). The van der Waals surface area contributed by atoms with Crippen molar-refractivity contribution in [3.05, 3.63) is 29.3 Å². The highest BCUT2D eigenvalue weighted by molar-refractivity contribution is 5.99. The molecule has 1 heterocycles. The average Bonchev–Trinajstić information content (AvgIpc) is 2.97. The van der Waals surface area contributed by atoms with Gasteiger partial charge >= 0.3 is 0 Å². The summed E-state index contributed by atoms with van der Waals surface area (Å²) in [6, 6.07) is 5.40. The maximum atomic E-state index is 12.8. The van der Waals surface area contributed by atoms with Crippen molar-refractivity contribution < 1.29 is 14.3 Å². The molecule has 6 heteroatoms. The molecule has 1 atom stereocenters. The van der Waals surface area contributed by atoms with Gasteiger partial charge in [-0.1, -0.05) is 11.6 Å². The minimum absolute atomic E-state index is 0.0183. The summed E-state index contributed by atoms with van der Waals surface area (Å²) in [7, 11) is 1.52. The molecule has 0 spiro atoms. The summed E-state index contributed by atoms with van der Waals surface area (Å²) in [5.41, 5.74) is 6.72. The van der Waals surface area contributed by atoms with Crippen molar-refractivity contribution in [3.63, 3.8) is 0 Å². The molecule has 1 saturated heterocycles. The number of nitrogens with two attached hydrogens (primary N) is 1. The van der Waals surface area contributed by atoms with E-state index in [-0.39, 0.29) is 18.5 Å². The first-order valence-corrected chi connectivity index (χ1v) is 6.97. The lowest BCUT2D eigenvalue weighted by Gasteiger charge is -2.28. The van der Waals surface area contributed by atoms with E-state index in [1.54, 1.807) is 17.0 Å². The van der Waals surface area contributed by atoms with Crippen molar-refractivity contribution in [2.24, 2.45) is 5.73 Å². The number of nitrogens with zero attached hydrogens (tertiary/aromatic N) is 1. The Morgan fingerprint density at radius 1 is 1.48 bits per heavy atom. The second-order valence-electron chi connectivity index (χ2n) is 5.25. The first kappa shape index (κ1) is 15.3. The molecule has 1 fully saturated rings. The van der Waals surface area contributed by atoms with Crippen LogP contribution in [0.1, 0.15) is 22.3 Å². The number of hydrogen-bond donors (Lipinski definition) is 2. The summed E-state index contributed by atoms with van der Waals surface area (Å²) < 4.78 is 5.26. The quantitative estimate of drug-likeness (QED) is 0.817. The van der Waals surface area contributed by atoms with Crippen LogP contribution in [-0.2, 0) is 4.79 Å². The van der Waals surface area contributed by atoms with E-state index in [0.29, 0.717) is 17.9 Å². The summed E-state index contributed by atoms with van der Waals surface area (Å²) in [6.45, 7) is 3.33. The first-order valence-electron chi connectivity index (χ1n) is 6.97. The molecule has 0 saturated carbocycles. The molecule has 0 aliphatic carbocycles. The molecule has 2 amide bonds. The zero-order valence-corrected chi connectivity index (χ0v) is 12.4. The van der Waals surface area contributed by atoms with E-state index < -0.39 is 5.91 Å². The molecule has 0 radical (unpaired) electrons. The van der Waals surface area contributed by atoms with Crippen molar-refractivity contribution in [1.82, 2.24) is 10.2 Å². The lowest BCUT2D eigenvalue weighted by atomic mass is 10.1. The van der Waals surface area contributed by atoms with Gasteiger partial charge in [0.15, 0.2) is 0 Å². The first-order chi connectivity index (χ1) is 10.0. The number of nitrogens with one attached hydrogen (secondary N) is 1. The second-order valence-corrected chi connectivity index (χ2v) is 5.25. The van der Waals surface area contributed by atoms with E-state index in [0.717, 1.165) is 18.5 Å². The molecule has 21 heavy (non-hydrogen) atoms. The molecule has 1 aromatic carbocycles. The van der Waals surface area contributed by atoms with Crippen LogP contribution < -0.4 is 15.8 Å². The number of amides is 2. The Morgan fingerprint density at radius 2 is 2.24 bits per heavy atom. The van der Waals surface area contributed by atoms with Gasteiger partial charge in [0.2, 0.25) is 5.91 Å². The molecule has 0 bridgehead atoms. The fraction of sp³-hybridized carbons (Fsp3) is 0.467. The molecule has 1 aliphatic heterocycles. The van der Waals surface area contributed by atoms with Crippen LogP contribution in [0.5, 0.6) is 5.75 Å². The summed E-state index contributed by atoms with van der Waals surface area (Å²) >= 11 is 0. The van der Waals surface area contributed by atoms with E-state index in [2.05, 4.69) is 5.32 Å². The Morgan fingerprint density at radius 3 is 2.81 bits per heavy atom. The summed E-state index contributed by atoms with van der Waals surface area (Å²) in [5.74, 6) is -0.226. The molecule has 6 nitrogen and oxygen atoms in total. The van der Waals surface area contributed by atoms with Gasteiger partial charge in [-0.3, -0.25) is 9.59 Å². The van der Waals surface area contributed by atoms with Crippen molar-refractivity contribution in [2.75, 3.05) is 26.7 Å².